The van der Waals surface area contributed by atoms with Gasteiger partial charge in [-0.1, -0.05) is 20.3 Å². The standard InChI is InChI=1S/C14H23NO3/c1-9(2)12-13(17)15-11(16)8-14(12)6-4-5-10(7-14)18-3/h9-10,12H,4-8H2,1-3H3,(H,15,16,17). The van der Waals surface area contributed by atoms with Crippen molar-refractivity contribution in [3.63, 3.8) is 0 Å². The lowest BCUT2D eigenvalue weighted by atomic mass is 9.58. The van der Waals surface area contributed by atoms with E-state index < -0.39 is 0 Å². The van der Waals surface area contributed by atoms with Crippen molar-refractivity contribution in [1.82, 2.24) is 5.32 Å². The minimum Gasteiger partial charge on any atom is -0.381 e. The Bertz CT molecular complexity index is 353. The molecule has 3 atom stereocenters. The lowest BCUT2D eigenvalue weighted by molar-refractivity contribution is -0.150. The Balaban J connectivity index is 2.29. The van der Waals surface area contributed by atoms with Crippen molar-refractivity contribution in [2.45, 2.75) is 52.1 Å². The molecule has 0 aromatic rings. The fourth-order valence-corrected chi connectivity index (χ4v) is 3.96. The van der Waals surface area contributed by atoms with Gasteiger partial charge in [0.2, 0.25) is 11.8 Å². The van der Waals surface area contributed by atoms with Gasteiger partial charge in [-0.25, -0.2) is 0 Å². The first-order chi connectivity index (χ1) is 8.48. The lowest BCUT2D eigenvalue weighted by Crippen LogP contribution is -2.56. The minimum atomic E-state index is -0.174. The minimum absolute atomic E-state index is 0.0619. The van der Waals surface area contributed by atoms with Crippen molar-refractivity contribution in [3.05, 3.63) is 0 Å². The van der Waals surface area contributed by atoms with Crippen molar-refractivity contribution >= 4 is 11.8 Å². The summed E-state index contributed by atoms with van der Waals surface area (Å²) in [5, 5.41) is 2.50. The average molecular weight is 253 g/mol. The maximum atomic E-state index is 12.1. The molecule has 2 rings (SSSR count). The van der Waals surface area contributed by atoms with Gasteiger partial charge in [-0.05, 0) is 30.6 Å². The highest BCUT2D eigenvalue weighted by atomic mass is 16.5. The maximum Gasteiger partial charge on any atom is 0.230 e. The van der Waals surface area contributed by atoms with Gasteiger partial charge in [0.1, 0.15) is 0 Å². The Hall–Kier alpha value is -0.900. The van der Waals surface area contributed by atoms with Gasteiger partial charge in [-0.15, -0.1) is 0 Å². The molecule has 3 unspecified atom stereocenters. The summed E-state index contributed by atoms with van der Waals surface area (Å²) >= 11 is 0. The Morgan fingerprint density at radius 3 is 2.72 bits per heavy atom. The van der Waals surface area contributed by atoms with Crippen molar-refractivity contribution < 1.29 is 14.3 Å². The monoisotopic (exact) mass is 253 g/mol. The summed E-state index contributed by atoms with van der Waals surface area (Å²) in [5.74, 6) is -0.00601. The highest BCUT2D eigenvalue weighted by molar-refractivity contribution is 5.99. The van der Waals surface area contributed by atoms with E-state index in [1.807, 2.05) is 0 Å². The van der Waals surface area contributed by atoms with Gasteiger partial charge < -0.3 is 4.74 Å². The van der Waals surface area contributed by atoms with Gasteiger partial charge >= 0.3 is 0 Å². The molecule has 2 amide bonds. The largest absolute Gasteiger partial charge is 0.381 e. The van der Waals surface area contributed by atoms with Crippen LogP contribution < -0.4 is 5.32 Å². The highest BCUT2D eigenvalue weighted by Gasteiger charge is 2.51. The SMILES string of the molecule is COC1CCCC2(CC(=O)NC(=O)C2C(C)C)C1. The first kappa shape index (κ1) is 13.5. The van der Waals surface area contributed by atoms with Crippen LogP contribution in [-0.4, -0.2) is 25.0 Å². The number of imide groups is 1. The zero-order chi connectivity index (χ0) is 13.3. The molecule has 0 bridgehead atoms. The predicted octanol–water partition coefficient (Wildman–Crippen LogP) is 1.88. The molecule has 1 N–H and O–H groups in total. The van der Waals surface area contributed by atoms with Crippen LogP contribution in [-0.2, 0) is 14.3 Å². The molecule has 2 aliphatic rings. The van der Waals surface area contributed by atoms with Crippen LogP contribution in [0.5, 0.6) is 0 Å². The number of carbonyl (C=O) groups excluding carboxylic acids is 2. The number of hydrogen-bond acceptors (Lipinski definition) is 3. The highest BCUT2D eigenvalue weighted by Crippen LogP contribution is 2.50. The Morgan fingerprint density at radius 2 is 2.11 bits per heavy atom. The van der Waals surface area contributed by atoms with Crippen molar-refractivity contribution in [1.29, 1.82) is 0 Å². The summed E-state index contributed by atoms with van der Waals surface area (Å²) in [6, 6.07) is 0. The number of methoxy groups -OCH3 is 1. The van der Waals surface area contributed by atoms with Crippen LogP contribution in [0.15, 0.2) is 0 Å². The van der Waals surface area contributed by atoms with Crippen LogP contribution in [0, 0.1) is 17.3 Å². The molecule has 4 nitrogen and oxygen atoms in total. The van der Waals surface area contributed by atoms with E-state index in [9.17, 15) is 9.59 Å². The quantitative estimate of drug-likeness (QED) is 0.764. The number of amides is 2. The molecule has 1 aliphatic carbocycles. The van der Waals surface area contributed by atoms with E-state index in [1.54, 1.807) is 7.11 Å². The van der Waals surface area contributed by atoms with Gasteiger partial charge in [-0.2, -0.15) is 0 Å². The van der Waals surface area contributed by atoms with E-state index in [0.29, 0.717) is 6.42 Å². The molecule has 0 radical (unpaired) electrons. The van der Waals surface area contributed by atoms with Crippen LogP contribution in [0.4, 0.5) is 0 Å². The normalized spacial score (nSPS) is 37.1. The van der Waals surface area contributed by atoms with E-state index in [4.69, 9.17) is 4.74 Å². The number of ether oxygens (including phenoxy) is 1. The van der Waals surface area contributed by atoms with Gasteiger partial charge in [0.25, 0.3) is 0 Å². The maximum absolute atomic E-state index is 12.1. The Morgan fingerprint density at radius 1 is 1.39 bits per heavy atom. The Kier molecular flexibility index (Phi) is 3.76. The van der Waals surface area contributed by atoms with Crippen LogP contribution in [0.3, 0.4) is 0 Å². The fourth-order valence-electron chi connectivity index (χ4n) is 3.96. The predicted molar refractivity (Wildman–Crippen MR) is 67.8 cm³/mol. The molecule has 1 spiro atoms. The number of nitrogens with one attached hydrogen (secondary N) is 1. The van der Waals surface area contributed by atoms with Crippen LogP contribution >= 0.6 is 0 Å². The smallest absolute Gasteiger partial charge is 0.230 e. The van der Waals surface area contributed by atoms with Crippen LogP contribution in [0.1, 0.15) is 46.0 Å². The van der Waals surface area contributed by atoms with Gasteiger partial charge in [-0.3, -0.25) is 14.9 Å². The second-order valence-electron chi connectivity index (χ2n) is 6.13. The molecular formula is C14H23NO3. The molecule has 0 aromatic carbocycles. The first-order valence-electron chi connectivity index (χ1n) is 6.85. The molecule has 2 fully saturated rings. The lowest BCUT2D eigenvalue weighted by Gasteiger charge is -2.48. The molecule has 1 saturated heterocycles. The summed E-state index contributed by atoms with van der Waals surface area (Å²) in [5.41, 5.74) is -0.174. The van der Waals surface area contributed by atoms with E-state index in [2.05, 4.69) is 19.2 Å². The summed E-state index contributed by atoms with van der Waals surface area (Å²) in [6.07, 6.45) is 4.56. The second-order valence-corrected chi connectivity index (χ2v) is 6.13. The number of hydrogen-bond donors (Lipinski definition) is 1. The van der Waals surface area contributed by atoms with Gasteiger partial charge in [0.15, 0.2) is 0 Å². The van der Waals surface area contributed by atoms with Crippen LogP contribution in [0.2, 0.25) is 0 Å². The van der Waals surface area contributed by atoms with Crippen molar-refractivity contribution in [3.8, 4) is 0 Å². The molecular weight excluding hydrogens is 230 g/mol. The van der Waals surface area contributed by atoms with E-state index >= 15 is 0 Å². The molecule has 1 saturated carbocycles. The third kappa shape index (κ3) is 2.30. The third-order valence-electron chi connectivity index (χ3n) is 4.55. The summed E-state index contributed by atoms with van der Waals surface area (Å²) in [4.78, 5) is 23.9. The van der Waals surface area contributed by atoms with Crippen molar-refractivity contribution in [2.24, 2.45) is 17.3 Å². The summed E-state index contributed by atoms with van der Waals surface area (Å²) < 4.78 is 5.47. The topological polar surface area (TPSA) is 55.4 Å². The molecule has 4 heteroatoms. The van der Waals surface area contributed by atoms with Crippen LogP contribution in [0.25, 0.3) is 0 Å². The van der Waals surface area contributed by atoms with E-state index in [1.165, 1.54) is 0 Å². The zero-order valence-electron chi connectivity index (χ0n) is 11.5. The average Bonchev–Trinajstić information content (AvgIpc) is 2.26. The fraction of sp³-hybridized carbons (Fsp3) is 0.857. The molecule has 1 aliphatic heterocycles. The third-order valence-corrected chi connectivity index (χ3v) is 4.55. The number of carbonyl (C=O) groups is 2. The molecule has 18 heavy (non-hydrogen) atoms. The van der Waals surface area contributed by atoms with E-state index in [-0.39, 0.29) is 35.2 Å². The second kappa shape index (κ2) is 5.00. The number of rotatable bonds is 2. The van der Waals surface area contributed by atoms with Gasteiger partial charge in [0, 0.05) is 19.4 Å². The number of piperidine rings is 1. The molecule has 1 heterocycles. The first-order valence-corrected chi connectivity index (χ1v) is 6.85. The zero-order valence-corrected chi connectivity index (χ0v) is 11.5. The van der Waals surface area contributed by atoms with Gasteiger partial charge in [0.05, 0.1) is 6.10 Å². The van der Waals surface area contributed by atoms with E-state index in [0.717, 1.165) is 25.7 Å². The summed E-state index contributed by atoms with van der Waals surface area (Å²) in [7, 11) is 1.72. The van der Waals surface area contributed by atoms with Crippen molar-refractivity contribution in [2.75, 3.05) is 7.11 Å². The Labute approximate surface area is 108 Å². The molecule has 0 aromatic heterocycles. The molecule has 102 valence electrons. The summed E-state index contributed by atoms with van der Waals surface area (Å²) in [6.45, 7) is 4.14.